The molecule has 0 atom stereocenters. The van der Waals surface area contributed by atoms with Gasteiger partial charge in [0.25, 0.3) is 5.91 Å². The zero-order valence-electron chi connectivity index (χ0n) is 13.0. The van der Waals surface area contributed by atoms with E-state index >= 15 is 0 Å². The molecule has 1 aromatic carbocycles. The van der Waals surface area contributed by atoms with Crippen molar-refractivity contribution >= 4 is 35.0 Å². The summed E-state index contributed by atoms with van der Waals surface area (Å²) >= 11 is 11.9. The second kappa shape index (κ2) is 8.52. The van der Waals surface area contributed by atoms with E-state index in [0.29, 0.717) is 41.7 Å². The molecule has 0 aliphatic carbocycles. The second-order valence-corrected chi connectivity index (χ2v) is 6.34. The van der Waals surface area contributed by atoms with Crippen molar-refractivity contribution in [3.8, 4) is 0 Å². The number of carbonyl (C=O) groups excluding carboxylic acids is 2. The number of hydrogen-bond acceptors (Lipinski definition) is 3. The second-order valence-electron chi connectivity index (χ2n) is 5.50. The minimum atomic E-state index is -0.101. The van der Waals surface area contributed by atoms with E-state index < -0.39 is 0 Å². The lowest BCUT2D eigenvalue weighted by Crippen LogP contribution is -2.46. The third-order valence-corrected chi connectivity index (χ3v) is 4.39. The van der Waals surface area contributed by atoms with Crippen LogP contribution in [0, 0.1) is 0 Å². The van der Waals surface area contributed by atoms with Crippen molar-refractivity contribution in [2.24, 2.45) is 0 Å². The molecule has 0 unspecified atom stereocenters. The molecule has 1 N–H and O–H groups in total. The maximum atomic E-state index is 12.5. The van der Waals surface area contributed by atoms with Gasteiger partial charge in [-0.05, 0) is 31.0 Å². The van der Waals surface area contributed by atoms with E-state index in [4.69, 9.17) is 27.9 Å². The first kappa shape index (κ1) is 18.0. The number of piperidine rings is 1. The van der Waals surface area contributed by atoms with Crippen LogP contribution in [0.1, 0.15) is 29.6 Å². The Hall–Kier alpha value is -1.30. The number of hydrogen-bond donors (Lipinski definition) is 1. The van der Waals surface area contributed by atoms with Crippen molar-refractivity contribution in [3.63, 3.8) is 0 Å². The van der Waals surface area contributed by atoms with E-state index in [-0.39, 0.29) is 17.9 Å². The number of ether oxygens (including phenoxy) is 1. The van der Waals surface area contributed by atoms with Gasteiger partial charge in [-0.3, -0.25) is 9.59 Å². The molecule has 5 nitrogen and oxygen atoms in total. The molecule has 1 saturated heterocycles. The van der Waals surface area contributed by atoms with Gasteiger partial charge in [0, 0.05) is 37.7 Å². The van der Waals surface area contributed by atoms with Crippen LogP contribution >= 0.6 is 23.2 Å². The van der Waals surface area contributed by atoms with E-state index in [1.165, 1.54) is 0 Å². The largest absolute Gasteiger partial charge is 0.384 e. The van der Waals surface area contributed by atoms with Gasteiger partial charge in [0.05, 0.1) is 17.2 Å². The molecule has 1 aromatic rings. The van der Waals surface area contributed by atoms with Gasteiger partial charge >= 0.3 is 0 Å². The van der Waals surface area contributed by atoms with Crippen LogP contribution in [0.2, 0.25) is 10.0 Å². The van der Waals surface area contributed by atoms with E-state index in [0.717, 1.165) is 12.8 Å². The van der Waals surface area contributed by atoms with Gasteiger partial charge < -0.3 is 15.0 Å². The summed E-state index contributed by atoms with van der Waals surface area (Å²) in [4.78, 5) is 25.9. The molecule has 0 spiro atoms. The standard InChI is InChI=1S/C16H20Cl2N2O3/c1-23-9-6-15(21)19-12-4-7-20(8-5-12)16(22)13-3-2-11(17)10-14(13)18/h2-3,10,12H,4-9H2,1H3,(H,19,21). The Balaban J connectivity index is 1.86. The number of methoxy groups -OCH3 is 1. The molecule has 23 heavy (non-hydrogen) atoms. The smallest absolute Gasteiger partial charge is 0.255 e. The Morgan fingerprint density at radius 1 is 1.30 bits per heavy atom. The normalized spacial score (nSPS) is 15.5. The molecule has 126 valence electrons. The summed E-state index contributed by atoms with van der Waals surface area (Å²) in [7, 11) is 1.57. The van der Waals surface area contributed by atoms with Crippen LogP contribution in [0.4, 0.5) is 0 Å². The molecule has 0 radical (unpaired) electrons. The number of halogens is 2. The fourth-order valence-corrected chi connectivity index (χ4v) is 3.04. The van der Waals surface area contributed by atoms with Crippen LogP contribution in [0.15, 0.2) is 18.2 Å². The van der Waals surface area contributed by atoms with Crippen LogP contribution < -0.4 is 5.32 Å². The third kappa shape index (κ3) is 5.09. The summed E-state index contributed by atoms with van der Waals surface area (Å²) < 4.78 is 4.88. The molecule has 0 aromatic heterocycles. The Labute approximate surface area is 145 Å². The Morgan fingerprint density at radius 2 is 2.00 bits per heavy atom. The van der Waals surface area contributed by atoms with Gasteiger partial charge in [0.1, 0.15) is 0 Å². The highest BCUT2D eigenvalue weighted by Crippen LogP contribution is 2.23. The molecular formula is C16H20Cl2N2O3. The van der Waals surface area contributed by atoms with Gasteiger partial charge in [-0.25, -0.2) is 0 Å². The number of benzene rings is 1. The van der Waals surface area contributed by atoms with Gasteiger partial charge in [-0.2, -0.15) is 0 Å². The van der Waals surface area contributed by atoms with Crippen molar-refractivity contribution in [2.75, 3.05) is 26.8 Å². The fraction of sp³-hybridized carbons (Fsp3) is 0.500. The molecule has 0 saturated carbocycles. The summed E-state index contributed by atoms with van der Waals surface area (Å²) in [6.45, 7) is 1.60. The van der Waals surface area contributed by atoms with Crippen molar-refractivity contribution < 1.29 is 14.3 Å². The van der Waals surface area contributed by atoms with Crippen molar-refractivity contribution in [3.05, 3.63) is 33.8 Å². The summed E-state index contributed by atoms with van der Waals surface area (Å²) in [6, 6.07) is 4.97. The lowest BCUT2D eigenvalue weighted by atomic mass is 10.0. The average molecular weight is 359 g/mol. The summed E-state index contributed by atoms with van der Waals surface area (Å²) in [5.74, 6) is -0.117. The zero-order valence-corrected chi connectivity index (χ0v) is 14.5. The number of nitrogens with one attached hydrogen (secondary N) is 1. The molecular weight excluding hydrogens is 339 g/mol. The number of nitrogens with zero attached hydrogens (tertiary/aromatic N) is 1. The monoisotopic (exact) mass is 358 g/mol. The highest BCUT2D eigenvalue weighted by Gasteiger charge is 2.25. The van der Waals surface area contributed by atoms with Crippen LogP contribution in [0.25, 0.3) is 0 Å². The molecule has 2 rings (SSSR count). The quantitative estimate of drug-likeness (QED) is 0.880. The highest BCUT2D eigenvalue weighted by atomic mass is 35.5. The van der Waals surface area contributed by atoms with Crippen LogP contribution in [0.3, 0.4) is 0 Å². The Morgan fingerprint density at radius 3 is 2.61 bits per heavy atom. The van der Waals surface area contributed by atoms with Gasteiger partial charge in [0.2, 0.25) is 5.91 Å². The minimum absolute atomic E-state index is 0.0163. The van der Waals surface area contributed by atoms with Gasteiger partial charge in [-0.1, -0.05) is 23.2 Å². The highest BCUT2D eigenvalue weighted by molar-refractivity contribution is 6.36. The number of likely N-dealkylation sites (tertiary alicyclic amines) is 1. The zero-order chi connectivity index (χ0) is 16.8. The molecule has 1 fully saturated rings. The molecule has 0 bridgehead atoms. The van der Waals surface area contributed by atoms with E-state index in [9.17, 15) is 9.59 Å². The molecule has 2 amide bonds. The predicted octanol–water partition coefficient (Wildman–Crippen LogP) is 2.75. The minimum Gasteiger partial charge on any atom is -0.384 e. The van der Waals surface area contributed by atoms with E-state index in [1.54, 1.807) is 30.2 Å². The number of rotatable bonds is 5. The first-order chi connectivity index (χ1) is 11.0. The first-order valence-electron chi connectivity index (χ1n) is 7.54. The van der Waals surface area contributed by atoms with Crippen molar-refractivity contribution in [1.29, 1.82) is 0 Å². The fourth-order valence-electron chi connectivity index (χ4n) is 2.55. The maximum Gasteiger partial charge on any atom is 0.255 e. The summed E-state index contributed by atoms with van der Waals surface area (Å²) in [5.41, 5.74) is 0.457. The van der Waals surface area contributed by atoms with Gasteiger partial charge in [0.15, 0.2) is 0 Å². The number of amides is 2. The average Bonchev–Trinajstić information content (AvgIpc) is 2.53. The summed E-state index contributed by atoms with van der Waals surface area (Å²) in [6.07, 6.45) is 1.82. The van der Waals surface area contributed by atoms with Crippen LogP contribution in [0.5, 0.6) is 0 Å². The molecule has 1 aliphatic heterocycles. The first-order valence-corrected chi connectivity index (χ1v) is 8.29. The molecule has 1 heterocycles. The van der Waals surface area contributed by atoms with E-state index in [1.807, 2.05) is 0 Å². The van der Waals surface area contributed by atoms with Crippen LogP contribution in [-0.4, -0.2) is 49.6 Å². The Bertz CT molecular complexity index is 572. The van der Waals surface area contributed by atoms with E-state index in [2.05, 4.69) is 5.32 Å². The predicted molar refractivity (Wildman–Crippen MR) is 90.0 cm³/mol. The third-order valence-electron chi connectivity index (χ3n) is 3.84. The number of carbonyl (C=O) groups is 2. The van der Waals surface area contributed by atoms with Crippen molar-refractivity contribution in [1.82, 2.24) is 10.2 Å². The lowest BCUT2D eigenvalue weighted by Gasteiger charge is -2.32. The maximum absolute atomic E-state index is 12.5. The topological polar surface area (TPSA) is 58.6 Å². The van der Waals surface area contributed by atoms with Gasteiger partial charge in [-0.15, -0.1) is 0 Å². The SMILES string of the molecule is COCCC(=O)NC1CCN(C(=O)c2ccc(Cl)cc2Cl)CC1. The molecule has 7 heteroatoms. The summed E-state index contributed by atoms with van der Waals surface area (Å²) in [5, 5.41) is 3.83. The Kier molecular flexibility index (Phi) is 6.69. The van der Waals surface area contributed by atoms with Crippen molar-refractivity contribution in [2.45, 2.75) is 25.3 Å². The lowest BCUT2D eigenvalue weighted by molar-refractivity contribution is -0.122. The molecule has 1 aliphatic rings. The van der Waals surface area contributed by atoms with Crippen LogP contribution in [-0.2, 0) is 9.53 Å².